The summed E-state index contributed by atoms with van der Waals surface area (Å²) in [5.74, 6) is -1.52. The molecule has 1 aromatic carbocycles. The molecule has 0 amide bonds. The number of anilines is 1. The fourth-order valence-electron chi connectivity index (χ4n) is 2.43. The molecule has 0 aliphatic carbocycles. The van der Waals surface area contributed by atoms with Gasteiger partial charge in [0.05, 0.1) is 18.1 Å². The Bertz CT molecular complexity index is 896. The number of hydrogen-bond donors (Lipinski definition) is 1. The van der Waals surface area contributed by atoms with E-state index in [2.05, 4.69) is 15.4 Å². The Morgan fingerprint density at radius 2 is 1.65 bits per heavy atom. The number of pyridine rings is 1. The highest BCUT2D eigenvalue weighted by atomic mass is 19.4. The van der Waals surface area contributed by atoms with E-state index in [4.69, 9.17) is 0 Å². The van der Waals surface area contributed by atoms with Crippen molar-refractivity contribution >= 4 is 5.69 Å². The SMILES string of the molecule is Cn1nc(C(F)(F)F)cc1-c1ccc(NCc2c(F)cncc2F)cc1. The van der Waals surface area contributed by atoms with E-state index in [9.17, 15) is 22.0 Å². The first-order chi connectivity index (χ1) is 12.3. The van der Waals surface area contributed by atoms with Gasteiger partial charge in [0.15, 0.2) is 5.69 Å². The van der Waals surface area contributed by atoms with Crippen LogP contribution >= 0.6 is 0 Å². The molecule has 1 N–H and O–H groups in total. The van der Waals surface area contributed by atoms with Gasteiger partial charge in [-0.3, -0.25) is 9.67 Å². The molecule has 4 nitrogen and oxygen atoms in total. The molecule has 0 aliphatic heterocycles. The van der Waals surface area contributed by atoms with Crippen LogP contribution in [0, 0.1) is 11.6 Å². The minimum absolute atomic E-state index is 0.0938. The lowest BCUT2D eigenvalue weighted by atomic mass is 10.1. The molecule has 0 spiro atoms. The van der Waals surface area contributed by atoms with Crippen LogP contribution in [0.1, 0.15) is 11.3 Å². The quantitative estimate of drug-likeness (QED) is 0.695. The number of benzene rings is 1. The van der Waals surface area contributed by atoms with E-state index in [-0.39, 0.29) is 12.1 Å². The number of alkyl halides is 3. The third-order valence-electron chi connectivity index (χ3n) is 3.77. The van der Waals surface area contributed by atoms with Crippen LogP contribution in [0.5, 0.6) is 0 Å². The van der Waals surface area contributed by atoms with Crippen LogP contribution in [0.25, 0.3) is 11.3 Å². The zero-order chi connectivity index (χ0) is 18.9. The van der Waals surface area contributed by atoms with Crippen LogP contribution in [-0.2, 0) is 19.8 Å². The van der Waals surface area contributed by atoms with Crippen molar-refractivity contribution in [2.24, 2.45) is 7.05 Å². The number of nitrogens with one attached hydrogen (secondary N) is 1. The Hall–Kier alpha value is -2.97. The van der Waals surface area contributed by atoms with Gasteiger partial charge >= 0.3 is 6.18 Å². The average Bonchev–Trinajstić information content (AvgIpc) is 2.97. The van der Waals surface area contributed by atoms with Crippen LogP contribution in [0.4, 0.5) is 27.6 Å². The maximum atomic E-state index is 13.5. The molecule has 0 bridgehead atoms. The Labute approximate surface area is 145 Å². The summed E-state index contributed by atoms with van der Waals surface area (Å²) in [6, 6.07) is 7.36. The molecule has 0 saturated carbocycles. The first kappa shape index (κ1) is 17.8. The number of aryl methyl sites for hydroxylation is 1. The fraction of sp³-hybridized carbons (Fsp3) is 0.176. The van der Waals surface area contributed by atoms with Gasteiger partial charge in [0, 0.05) is 24.8 Å². The molecule has 0 radical (unpaired) electrons. The second-order valence-electron chi connectivity index (χ2n) is 5.55. The van der Waals surface area contributed by atoms with Crippen molar-refractivity contribution in [2.45, 2.75) is 12.7 Å². The normalized spacial score (nSPS) is 11.6. The summed E-state index contributed by atoms with van der Waals surface area (Å²) in [7, 11) is 1.42. The van der Waals surface area contributed by atoms with Crippen LogP contribution in [0.2, 0.25) is 0 Å². The van der Waals surface area contributed by atoms with Crippen molar-refractivity contribution in [1.82, 2.24) is 14.8 Å². The minimum Gasteiger partial charge on any atom is -0.381 e. The lowest BCUT2D eigenvalue weighted by Gasteiger charge is -2.09. The first-order valence-electron chi connectivity index (χ1n) is 7.49. The molecule has 0 aliphatic rings. The first-order valence-corrected chi connectivity index (χ1v) is 7.49. The standard InChI is InChI=1S/C17H13F5N4/c1-26-15(6-16(25-26)17(20,21)22)10-2-4-11(5-3-10)24-7-12-13(18)8-23-9-14(12)19/h2-6,8-9,24H,7H2,1H3. The highest BCUT2D eigenvalue weighted by molar-refractivity contribution is 5.63. The van der Waals surface area contributed by atoms with E-state index in [1.807, 2.05) is 0 Å². The molecule has 0 unspecified atom stereocenters. The van der Waals surface area contributed by atoms with Crippen molar-refractivity contribution in [3.05, 3.63) is 65.6 Å². The zero-order valence-corrected chi connectivity index (χ0v) is 13.5. The number of nitrogens with zero attached hydrogens (tertiary/aromatic N) is 3. The predicted octanol–water partition coefficient (Wildman–Crippen LogP) is 4.39. The van der Waals surface area contributed by atoms with Gasteiger partial charge in [-0.1, -0.05) is 12.1 Å². The van der Waals surface area contributed by atoms with Gasteiger partial charge in [-0.25, -0.2) is 8.78 Å². The van der Waals surface area contributed by atoms with Crippen molar-refractivity contribution < 1.29 is 22.0 Å². The molecule has 3 rings (SSSR count). The Morgan fingerprint density at radius 3 is 2.19 bits per heavy atom. The highest BCUT2D eigenvalue weighted by Crippen LogP contribution is 2.31. The summed E-state index contributed by atoms with van der Waals surface area (Å²) in [5.41, 5.74) is 0.270. The molecule has 0 saturated heterocycles. The van der Waals surface area contributed by atoms with Gasteiger partial charge in [0.25, 0.3) is 0 Å². The lowest BCUT2D eigenvalue weighted by molar-refractivity contribution is -0.141. The maximum absolute atomic E-state index is 13.5. The van der Waals surface area contributed by atoms with E-state index in [1.165, 1.54) is 7.05 Å². The van der Waals surface area contributed by atoms with E-state index in [0.29, 0.717) is 16.9 Å². The third kappa shape index (κ3) is 3.66. The van der Waals surface area contributed by atoms with E-state index < -0.39 is 23.5 Å². The third-order valence-corrected chi connectivity index (χ3v) is 3.77. The summed E-state index contributed by atoms with van der Waals surface area (Å²) in [4.78, 5) is 3.41. The number of hydrogen-bond acceptors (Lipinski definition) is 3. The van der Waals surface area contributed by atoms with Crippen LogP contribution in [0.15, 0.2) is 42.7 Å². The minimum atomic E-state index is -4.52. The second kappa shape index (κ2) is 6.74. The Kier molecular flexibility index (Phi) is 4.62. The molecule has 2 aromatic heterocycles. The largest absolute Gasteiger partial charge is 0.435 e. The monoisotopic (exact) mass is 368 g/mol. The van der Waals surface area contributed by atoms with Crippen molar-refractivity contribution in [1.29, 1.82) is 0 Å². The maximum Gasteiger partial charge on any atom is 0.435 e. The summed E-state index contributed by atoms with van der Waals surface area (Å²) >= 11 is 0. The summed E-state index contributed by atoms with van der Waals surface area (Å²) in [5, 5.41) is 6.32. The van der Waals surface area contributed by atoms with Gasteiger partial charge in [0.2, 0.25) is 0 Å². The molecule has 3 aromatic rings. The Morgan fingerprint density at radius 1 is 1.04 bits per heavy atom. The molecular weight excluding hydrogens is 355 g/mol. The van der Waals surface area contributed by atoms with Crippen LogP contribution in [0.3, 0.4) is 0 Å². The van der Waals surface area contributed by atoms with Gasteiger partial charge < -0.3 is 5.32 Å². The predicted molar refractivity (Wildman–Crippen MR) is 85.1 cm³/mol. The average molecular weight is 368 g/mol. The summed E-state index contributed by atoms with van der Waals surface area (Å²) in [6.07, 6.45) is -2.68. The molecule has 0 fully saturated rings. The van der Waals surface area contributed by atoms with Crippen LogP contribution < -0.4 is 5.32 Å². The van der Waals surface area contributed by atoms with Gasteiger partial charge in [-0.05, 0) is 23.8 Å². The smallest absolute Gasteiger partial charge is 0.381 e. The Balaban J connectivity index is 1.76. The summed E-state index contributed by atoms with van der Waals surface area (Å²) in [6.45, 7) is -0.0938. The second-order valence-corrected chi connectivity index (χ2v) is 5.55. The van der Waals surface area contributed by atoms with Crippen molar-refractivity contribution in [3.63, 3.8) is 0 Å². The summed E-state index contributed by atoms with van der Waals surface area (Å²) < 4.78 is 66.4. The van der Waals surface area contributed by atoms with Crippen molar-refractivity contribution in [2.75, 3.05) is 5.32 Å². The zero-order valence-electron chi connectivity index (χ0n) is 13.5. The fourth-order valence-corrected chi connectivity index (χ4v) is 2.43. The van der Waals surface area contributed by atoms with Crippen LogP contribution in [-0.4, -0.2) is 14.8 Å². The number of halogens is 5. The van der Waals surface area contributed by atoms with E-state index in [1.54, 1.807) is 24.3 Å². The molecule has 136 valence electrons. The van der Waals surface area contributed by atoms with Crippen molar-refractivity contribution in [3.8, 4) is 11.3 Å². The topological polar surface area (TPSA) is 42.7 Å². The lowest BCUT2D eigenvalue weighted by Crippen LogP contribution is -2.06. The highest BCUT2D eigenvalue weighted by Gasteiger charge is 2.34. The number of rotatable bonds is 4. The number of aromatic nitrogens is 3. The van der Waals surface area contributed by atoms with Gasteiger partial charge in [0.1, 0.15) is 11.6 Å². The van der Waals surface area contributed by atoms with Gasteiger partial charge in [-0.2, -0.15) is 18.3 Å². The molecule has 2 heterocycles. The molecule has 26 heavy (non-hydrogen) atoms. The van der Waals surface area contributed by atoms with E-state index in [0.717, 1.165) is 23.1 Å². The van der Waals surface area contributed by atoms with Gasteiger partial charge in [-0.15, -0.1) is 0 Å². The molecule has 0 atom stereocenters. The molecule has 9 heteroatoms. The molecular formula is C17H13F5N4. The van der Waals surface area contributed by atoms with E-state index >= 15 is 0 Å².